The number of piperidine rings is 3. The van der Waals surface area contributed by atoms with Crippen LogP contribution in [0.15, 0.2) is 67.4 Å². The third kappa shape index (κ3) is 4.23. The van der Waals surface area contributed by atoms with Gasteiger partial charge in [-0.1, -0.05) is 17.7 Å². The summed E-state index contributed by atoms with van der Waals surface area (Å²) < 4.78 is 11.8. The minimum absolute atomic E-state index is 0.0907. The Morgan fingerprint density at radius 3 is 2.76 bits per heavy atom. The van der Waals surface area contributed by atoms with Crippen LogP contribution in [0.4, 0.5) is 0 Å². The van der Waals surface area contributed by atoms with E-state index in [4.69, 9.17) is 21.1 Å². The molecule has 170 valence electrons. The number of benzene rings is 2. The summed E-state index contributed by atoms with van der Waals surface area (Å²) in [6, 6.07) is 14.7. The van der Waals surface area contributed by atoms with Crippen LogP contribution in [-0.4, -0.2) is 42.1 Å². The third-order valence-electron chi connectivity index (χ3n) is 7.11. The molecular weight excluding hydrogens is 436 g/mol. The predicted octanol–water partition coefficient (Wildman–Crippen LogP) is 5.69. The summed E-state index contributed by atoms with van der Waals surface area (Å²) in [6.45, 7) is 5.99. The zero-order chi connectivity index (χ0) is 22.9. The maximum Gasteiger partial charge on any atom is 0.338 e. The number of esters is 1. The van der Waals surface area contributed by atoms with E-state index in [9.17, 15) is 4.79 Å². The summed E-state index contributed by atoms with van der Waals surface area (Å²) in [7, 11) is 1.65. The Labute approximate surface area is 199 Å². The van der Waals surface area contributed by atoms with Gasteiger partial charge in [0.1, 0.15) is 11.9 Å². The van der Waals surface area contributed by atoms with E-state index in [1.807, 2.05) is 24.3 Å². The first-order chi connectivity index (χ1) is 16.1. The van der Waals surface area contributed by atoms with Gasteiger partial charge in [0.25, 0.3) is 0 Å². The summed E-state index contributed by atoms with van der Waals surface area (Å²) >= 11 is 6.02. The third-order valence-corrected chi connectivity index (χ3v) is 7.36. The summed E-state index contributed by atoms with van der Waals surface area (Å²) in [5.41, 5.74) is 2.29. The molecule has 0 N–H and O–H groups in total. The molecule has 3 aromatic rings. The molecule has 3 saturated heterocycles. The van der Waals surface area contributed by atoms with Crippen molar-refractivity contribution in [2.75, 3.05) is 20.2 Å². The highest BCUT2D eigenvalue weighted by Crippen LogP contribution is 2.44. The molecule has 0 radical (unpaired) electrons. The van der Waals surface area contributed by atoms with Crippen molar-refractivity contribution in [3.05, 3.63) is 83.5 Å². The maximum atomic E-state index is 13.2. The van der Waals surface area contributed by atoms with Crippen LogP contribution < -0.4 is 4.74 Å². The fraction of sp³-hybridized carbons (Fsp3) is 0.333. The van der Waals surface area contributed by atoms with Crippen LogP contribution in [0.5, 0.6) is 5.75 Å². The molecule has 2 aromatic carbocycles. The molecule has 33 heavy (non-hydrogen) atoms. The number of nitrogens with zero attached hydrogens (tertiary/aromatic N) is 2. The average molecular weight is 463 g/mol. The van der Waals surface area contributed by atoms with Crippen LogP contribution in [0.3, 0.4) is 0 Å². The number of carbonyl (C=O) groups is 1. The van der Waals surface area contributed by atoms with E-state index in [1.165, 1.54) is 0 Å². The number of carbonyl (C=O) groups excluding carboxylic acids is 1. The molecule has 6 rings (SSSR count). The normalized spacial score (nSPS) is 24.9. The van der Waals surface area contributed by atoms with Gasteiger partial charge in [-0.2, -0.15) is 0 Å². The first-order valence-electron chi connectivity index (χ1n) is 11.3. The number of fused-ring (bicyclic) bond motifs is 4. The summed E-state index contributed by atoms with van der Waals surface area (Å²) in [4.78, 5) is 20.2. The van der Waals surface area contributed by atoms with Crippen molar-refractivity contribution < 1.29 is 14.3 Å². The number of hydrogen-bond donors (Lipinski definition) is 0. The van der Waals surface area contributed by atoms with Gasteiger partial charge in [0, 0.05) is 28.7 Å². The standard InChI is InChI=1S/C27H27ClN2O3/c1-3-17-16-30-13-11-19(17)14-25(30)26(33-27(31)18-4-6-20(28)7-5-18)22-10-12-29-24-9-8-21(32-2)15-23(22)24/h3-10,12,15,17,19,25-26H,1,11,13-14,16H2,2H3/t17?,19-,25?,26?/m1/s1. The van der Waals surface area contributed by atoms with E-state index in [0.29, 0.717) is 22.4 Å². The highest BCUT2D eigenvalue weighted by Gasteiger charge is 2.44. The second kappa shape index (κ2) is 9.16. The lowest BCUT2D eigenvalue weighted by Crippen LogP contribution is -2.55. The molecule has 6 heteroatoms. The molecule has 4 heterocycles. The molecule has 0 amide bonds. The zero-order valence-electron chi connectivity index (χ0n) is 18.6. The second-order valence-corrected chi connectivity index (χ2v) is 9.30. The first-order valence-corrected chi connectivity index (χ1v) is 11.7. The molecule has 4 unspecified atom stereocenters. The van der Waals surface area contributed by atoms with Crippen molar-refractivity contribution in [1.29, 1.82) is 0 Å². The SMILES string of the molecule is C=CC1CN2CC[C@@H]1CC2C(OC(=O)c1ccc(Cl)cc1)c1ccnc2ccc(OC)cc12. The molecule has 5 atom stereocenters. The van der Waals surface area contributed by atoms with E-state index in [2.05, 4.69) is 22.5 Å². The molecule has 5 nitrogen and oxygen atoms in total. The van der Waals surface area contributed by atoms with Crippen molar-refractivity contribution in [2.24, 2.45) is 11.8 Å². The highest BCUT2D eigenvalue weighted by atomic mass is 35.5. The summed E-state index contributed by atoms with van der Waals surface area (Å²) in [6.07, 6.45) is 5.54. The van der Waals surface area contributed by atoms with Crippen molar-refractivity contribution in [3.8, 4) is 5.75 Å². The minimum atomic E-state index is -0.431. The molecule has 2 bridgehead atoms. The predicted molar refractivity (Wildman–Crippen MR) is 130 cm³/mol. The van der Waals surface area contributed by atoms with E-state index < -0.39 is 6.10 Å². The van der Waals surface area contributed by atoms with E-state index >= 15 is 0 Å². The monoisotopic (exact) mass is 462 g/mol. The number of aromatic nitrogens is 1. The Hall–Kier alpha value is -2.89. The van der Waals surface area contributed by atoms with Crippen LogP contribution in [-0.2, 0) is 4.74 Å². The number of ether oxygens (including phenoxy) is 2. The Kier molecular flexibility index (Phi) is 6.09. The molecule has 1 aromatic heterocycles. The topological polar surface area (TPSA) is 51.7 Å². The van der Waals surface area contributed by atoms with Crippen LogP contribution in [0, 0.1) is 11.8 Å². The number of hydrogen-bond acceptors (Lipinski definition) is 5. The Morgan fingerprint density at radius 2 is 2.06 bits per heavy atom. The van der Waals surface area contributed by atoms with Crippen LogP contribution in [0.25, 0.3) is 10.9 Å². The maximum absolute atomic E-state index is 13.2. The quantitative estimate of drug-likeness (QED) is 0.348. The fourth-order valence-electron chi connectivity index (χ4n) is 5.33. The second-order valence-electron chi connectivity index (χ2n) is 8.86. The highest BCUT2D eigenvalue weighted by molar-refractivity contribution is 6.30. The van der Waals surface area contributed by atoms with E-state index in [-0.39, 0.29) is 12.0 Å². The Morgan fingerprint density at radius 1 is 1.24 bits per heavy atom. The van der Waals surface area contributed by atoms with Gasteiger partial charge in [0.05, 0.1) is 24.2 Å². The van der Waals surface area contributed by atoms with Gasteiger partial charge in [-0.05, 0) is 79.8 Å². The van der Waals surface area contributed by atoms with Gasteiger partial charge >= 0.3 is 5.97 Å². The van der Waals surface area contributed by atoms with Gasteiger partial charge in [-0.3, -0.25) is 9.88 Å². The van der Waals surface area contributed by atoms with Gasteiger partial charge in [0.2, 0.25) is 0 Å². The fourth-order valence-corrected chi connectivity index (χ4v) is 5.46. The van der Waals surface area contributed by atoms with Gasteiger partial charge in [-0.15, -0.1) is 6.58 Å². The van der Waals surface area contributed by atoms with Crippen LogP contribution >= 0.6 is 11.6 Å². The zero-order valence-corrected chi connectivity index (χ0v) is 19.4. The Balaban J connectivity index is 1.56. The minimum Gasteiger partial charge on any atom is -0.497 e. The van der Waals surface area contributed by atoms with Crippen molar-refractivity contribution >= 4 is 28.5 Å². The van der Waals surface area contributed by atoms with Crippen LogP contribution in [0.2, 0.25) is 5.02 Å². The molecule has 0 spiro atoms. The number of halogens is 1. The smallest absolute Gasteiger partial charge is 0.338 e. The lowest BCUT2D eigenvalue weighted by atomic mass is 9.73. The molecule has 3 aliphatic heterocycles. The van der Waals surface area contributed by atoms with Gasteiger partial charge in [-0.25, -0.2) is 4.79 Å². The summed E-state index contributed by atoms with van der Waals surface area (Å²) in [5, 5.41) is 1.52. The van der Waals surface area contributed by atoms with Crippen LogP contribution in [0.1, 0.15) is 34.9 Å². The first kappa shape index (κ1) is 21.9. The largest absolute Gasteiger partial charge is 0.497 e. The number of methoxy groups -OCH3 is 1. The van der Waals surface area contributed by atoms with Crippen molar-refractivity contribution in [2.45, 2.75) is 25.0 Å². The molecule has 3 fully saturated rings. The Bertz CT molecular complexity index is 1180. The van der Waals surface area contributed by atoms with Crippen molar-refractivity contribution in [1.82, 2.24) is 9.88 Å². The number of rotatable bonds is 6. The lowest BCUT2D eigenvalue weighted by molar-refractivity contribution is -0.0568. The van der Waals surface area contributed by atoms with Gasteiger partial charge in [0.15, 0.2) is 0 Å². The molecule has 0 saturated carbocycles. The summed E-state index contributed by atoms with van der Waals surface area (Å²) in [5.74, 6) is 1.43. The van der Waals surface area contributed by atoms with Crippen molar-refractivity contribution in [3.63, 3.8) is 0 Å². The van der Waals surface area contributed by atoms with E-state index in [1.54, 1.807) is 37.6 Å². The van der Waals surface area contributed by atoms with Gasteiger partial charge < -0.3 is 9.47 Å². The molecular formula is C27H27ClN2O3. The average Bonchev–Trinajstić information content (AvgIpc) is 2.87. The number of pyridine rings is 1. The molecule has 0 aliphatic carbocycles. The van der Waals surface area contributed by atoms with E-state index in [0.717, 1.165) is 48.1 Å². The lowest BCUT2D eigenvalue weighted by Gasteiger charge is -2.51. The molecule has 3 aliphatic rings.